The number of aliphatic hydroxyl groups is 1. The van der Waals surface area contributed by atoms with Crippen molar-refractivity contribution in [1.29, 1.82) is 0 Å². The number of ether oxygens (including phenoxy) is 1. The Hall–Kier alpha value is -1.06. The molecule has 3 nitrogen and oxygen atoms in total. The van der Waals surface area contributed by atoms with Crippen LogP contribution >= 0.6 is 0 Å². The molecule has 0 aromatic heterocycles. The van der Waals surface area contributed by atoms with Gasteiger partial charge in [0.2, 0.25) is 0 Å². The largest absolute Gasteiger partial charge is 0.496 e. The molecule has 1 aromatic carbocycles. The standard InChI is InChI=1S/C14H23NO2/c1-9(2)13-7-11(6-12(15)8-16)10(3)5-14(13)17-4/h5,7,9,12,16H,6,8,15H2,1-4H3. The Morgan fingerprint density at radius 2 is 2.00 bits per heavy atom. The molecule has 0 saturated carbocycles. The fourth-order valence-corrected chi connectivity index (χ4v) is 1.94. The molecule has 1 unspecified atom stereocenters. The van der Waals surface area contributed by atoms with Gasteiger partial charge >= 0.3 is 0 Å². The number of nitrogens with two attached hydrogens (primary N) is 1. The molecular weight excluding hydrogens is 214 g/mol. The van der Waals surface area contributed by atoms with E-state index in [9.17, 15) is 0 Å². The molecule has 3 heteroatoms. The maximum absolute atomic E-state index is 9.02. The molecule has 0 radical (unpaired) electrons. The highest BCUT2D eigenvalue weighted by molar-refractivity contribution is 5.44. The zero-order chi connectivity index (χ0) is 13.0. The monoisotopic (exact) mass is 237 g/mol. The van der Waals surface area contributed by atoms with E-state index in [2.05, 4.69) is 26.0 Å². The molecular formula is C14H23NO2. The van der Waals surface area contributed by atoms with Crippen LogP contribution in [0.4, 0.5) is 0 Å². The summed E-state index contributed by atoms with van der Waals surface area (Å²) in [4.78, 5) is 0. The number of hydrogen-bond donors (Lipinski definition) is 2. The van der Waals surface area contributed by atoms with Crippen LogP contribution in [0.15, 0.2) is 12.1 Å². The number of rotatable bonds is 5. The fraction of sp³-hybridized carbons (Fsp3) is 0.571. The lowest BCUT2D eigenvalue weighted by atomic mass is 9.93. The first-order valence-electron chi connectivity index (χ1n) is 6.03. The summed E-state index contributed by atoms with van der Waals surface area (Å²) in [5, 5.41) is 9.02. The van der Waals surface area contributed by atoms with Crippen LogP contribution in [0.25, 0.3) is 0 Å². The molecule has 0 aliphatic rings. The molecule has 0 spiro atoms. The predicted octanol–water partition coefficient (Wildman–Crippen LogP) is 1.99. The van der Waals surface area contributed by atoms with Crippen molar-refractivity contribution in [2.45, 2.75) is 39.2 Å². The number of benzene rings is 1. The van der Waals surface area contributed by atoms with Crippen LogP contribution in [0.5, 0.6) is 5.75 Å². The van der Waals surface area contributed by atoms with Crippen molar-refractivity contribution >= 4 is 0 Å². The summed E-state index contributed by atoms with van der Waals surface area (Å²) >= 11 is 0. The Morgan fingerprint density at radius 1 is 1.35 bits per heavy atom. The van der Waals surface area contributed by atoms with E-state index < -0.39 is 0 Å². The smallest absolute Gasteiger partial charge is 0.122 e. The molecule has 1 aromatic rings. The first-order chi connectivity index (χ1) is 7.99. The van der Waals surface area contributed by atoms with E-state index in [0.717, 1.165) is 11.3 Å². The SMILES string of the molecule is COc1cc(C)c(CC(N)CO)cc1C(C)C. The quantitative estimate of drug-likeness (QED) is 0.823. The van der Waals surface area contributed by atoms with Crippen molar-refractivity contribution in [1.82, 2.24) is 0 Å². The summed E-state index contributed by atoms with van der Waals surface area (Å²) in [6.45, 7) is 6.35. The van der Waals surface area contributed by atoms with E-state index in [4.69, 9.17) is 15.6 Å². The van der Waals surface area contributed by atoms with Gasteiger partial charge in [0.15, 0.2) is 0 Å². The van der Waals surface area contributed by atoms with Gasteiger partial charge in [-0.25, -0.2) is 0 Å². The minimum absolute atomic E-state index is 0.0164. The van der Waals surface area contributed by atoms with Crippen LogP contribution in [-0.4, -0.2) is 24.9 Å². The lowest BCUT2D eigenvalue weighted by Gasteiger charge is -2.17. The van der Waals surface area contributed by atoms with Gasteiger partial charge in [0.25, 0.3) is 0 Å². The lowest BCUT2D eigenvalue weighted by molar-refractivity contribution is 0.265. The van der Waals surface area contributed by atoms with Gasteiger partial charge in [-0.1, -0.05) is 19.9 Å². The van der Waals surface area contributed by atoms with Gasteiger partial charge in [0.1, 0.15) is 5.75 Å². The molecule has 1 atom stereocenters. The Bertz CT molecular complexity index is 375. The second kappa shape index (κ2) is 6.03. The maximum atomic E-state index is 9.02. The van der Waals surface area contributed by atoms with Gasteiger partial charge in [-0.3, -0.25) is 0 Å². The highest BCUT2D eigenvalue weighted by Crippen LogP contribution is 2.29. The first kappa shape index (κ1) is 14.0. The fourth-order valence-electron chi connectivity index (χ4n) is 1.94. The van der Waals surface area contributed by atoms with Gasteiger partial charge in [-0.15, -0.1) is 0 Å². The van der Waals surface area contributed by atoms with Crippen LogP contribution in [0, 0.1) is 6.92 Å². The van der Waals surface area contributed by atoms with E-state index in [1.165, 1.54) is 11.1 Å². The topological polar surface area (TPSA) is 55.5 Å². The molecule has 0 bridgehead atoms. The molecule has 0 amide bonds. The van der Waals surface area contributed by atoms with Crippen molar-refractivity contribution in [3.63, 3.8) is 0 Å². The van der Waals surface area contributed by atoms with E-state index >= 15 is 0 Å². The Labute approximate surface area is 104 Å². The van der Waals surface area contributed by atoms with Crippen molar-refractivity contribution in [3.8, 4) is 5.75 Å². The third-order valence-corrected chi connectivity index (χ3v) is 3.03. The van der Waals surface area contributed by atoms with Crippen LogP contribution < -0.4 is 10.5 Å². The van der Waals surface area contributed by atoms with Crippen LogP contribution in [0.2, 0.25) is 0 Å². The molecule has 0 heterocycles. The summed E-state index contributed by atoms with van der Waals surface area (Å²) in [5.74, 6) is 1.34. The Balaban J connectivity index is 3.10. The third-order valence-electron chi connectivity index (χ3n) is 3.03. The second-order valence-electron chi connectivity index (χ2n) is 4.82. The molecule has 3 N–H and O–H groups in total. The lowest BCUT2D eigenvalue weighted by Crippen LogP contribution is -2.27. The van der Waals surface area contributed by atoms with Gasteiger partial charge in [-0.2, -0.15) is 0 Å². The average molecular weight is 237 g/mol. The van der Waals surface area contributed by atoms with Crippen molar-refractivity contribution in [3.05, 3.63) is 28.8 Å². The number of aryl methyl sites for hydroxylation is 1. The minimum Gasteiger partial charge on any atom is -0.496 e. The van der Waals surface area contributed by atoms with Crippen LogP contribution in [0.3, 0.4) is 0 Å². The summed E-state index contributed by atoms with van der Waals surface area (Å²) in [7, 11) is 1.69. The van der Waals surface area contributed by atoms with E-state index in [1.54, 1.807) is 7.11 Å². The summed E-state index contributed by atoms with van der Waals surface area (Å²) < 4.78 is 5.39. The Kier molecular flexibility index (Phi) is 4.97. The number of methoxy groups -OCH3 is 1. The van der Waals surface area contributed by atoms with Crippen LogP contribution in [0.1, 0.15) is 36.5 Å². The van der Waals surface area contributed by atoms with Crippen molar-refractivity contribution < 1.29 is 9.84 Å². The van der Waals surface area contributed by atoms with E-state index in [1.807, 2.05) is 6.92 Å². The van der Waals surface area contributed by atoms with Crippen molar-refractivity contribution in [2.24, 2.45) is 5.73 Å². The minimum atomic E-state index is -0.192. The molecule has 0 aliphatic carbocycles. The molecule has 17 heavy (non-hydrogen) atoms. The highest BCUT2D eigenvalue weighted by Gasteiger charge is 2.12. The number of hydrogen-bond acceptors (Lipinski definition) is 3. The molecule has 0 aliphatic heterocycles. The maximum Gasteiger partial charge on any atom is 0.122 e. The summed E-state index contributed by atoms with van der Waals surface area (Å²) in [5.41, 5.74) is 9.34. The zero-order valence-corrected chi connectivity index (χ0v) is 11.2. The molecule has 0 saturated heterocycles. The zero-order valence-electron chi connectivity index (χ0n) is 11.2. The number of aliphatic hydroxyl groups excluding tert-OH is 1. The van der Waals surface area contributed by atoms with E-state index in [-0.39, 0.29) is 12.6 Å². The summed E-state index contributed by atoms with van der Waals surface area (Å²) in [6.07, 6.45) is 0.700. The van der Waals surface area contributed by atoms with Crippen molar-refractivity contribution in [2.75, 3.05) is 13.7 Å². The summed E-state index contributed by atoms with van der Waals surface area (Å²) in [6, 6.07) is 4.01. The first-order valence-corrected chi connectivity index (χ1v) is 6.03. The average Bonchev–Trinajstić information content (AvgIpc) is 2.30. The van der Waals surface area contributed by atoms with Gasteiger partial charge in [0.05, 0.1) is 13.7 Å². The second-order valence-corrected chi connectivity index (χ2v) is 4.82. The van der Waals surface area contributed by atoms with Gasteiger partial charge in [0, 0.05) is 6.04 Å². The van der Waals surface area contributed by atoms with E-state index in [0.29, 0.717) is 12.3 Å². The van der Waals surface area contributed by atoms with Gasteiger partial charge in [-0.05, 0) is 42.0 Å². The highest BCUT2D eigenvalue weighted by atomic mass is 16.5. The molecule has 0 fully saturated rings. The normalized spacial score (nSPS) is 12.9. The van der Waals surface area contributed by atoms with Gasteiger partial charge < -0.3 is 15.6 Å². The van der Waals surface area contributed by atoms with Crippen LogP contribution in [-0.2, 0) is 6.42 Å². The third kappa shape index (κ3) is 3.45. The molecule has 1 rings (SSSR count). The Morgan fingerprint density at radius 3 is 2.47 bits per heavy atom. The predicted molar refractivity (Wildman–Crippen MR) is 70.6 cm³/mol. The molecule has 96 valence electrons.